The second-order valence-corrected chi connectivity index (χ2v) is 5.59. The molecule has 5 heteroatoms. The second kappa shape index (κ2) is 8.95. The molecule has 112 valence electrons. The lowest BCUT2D eigenvalue weighted by Gasteiger charge is -2.20. The molecule has 0 aliphatic heterocycles. The third kappa shape index (κ3) is 6.89. The van der Waals surface area contributed by atoms with Gasteiger partial charge in [0.1, 0.15) is 0 Å². The van der Waals surface area contributed by atoms with Gasteiger partial charge in [-0.2, -0.15) is 0 Å². The van der Waals surface area contributed by atoms with Gasteiger partial charge in [0.25, 0.3) is 0 Å². The maximum atomic E-state index is 11.8. The molecule has 0 bridgehead atoms. The van der Waals surface area contributed by atoms with Crippen LogP contribution >= 0.6 is 11.6 Å². The summed E-state index contributed by atoms with van der Waals surface area (Å²) in [6.45, 7) is 3.73. The number of amides is 1. The highest BCUT2D eigenvalue weighted by atomic mass is 35.5. The number of rotatable bonds is 8. The molecule has 0 heterocycles. The van der Waals surface area contributed by atoms with Gasteiger partial charge in [-0.1, -0.05) is 37.1 Å². The largest absolute Gasteiger partial charge is 0.351 e. The first-order valence-corrected chi connectivity index (χ1v) is 7.34. The van der Waals surface area contributed by atoms with E-state index in [2.05, 4.69) is 12.2 Å². The Morgan fingerprint density at radius 3 is 2.65 bits per heavy atom. The highest BCUT2D eigenvalue weighted by molar-refractivity contribution is 6.30. The molecular formula is C15H24ClN3O. The molecule has 0 fully saturated rings. The van der Waals surface area contributed by atoms with Gasteiger partial charge in [0.05, 0.1) is 6.54 Å². The molecule has 1 rings (SSSR count). The van der Waals surface area contributed by atoms with E-state index in [1.54, 1.807) is 0 Å². The minimum absolute atomic E-state index is 0.00569. The van der Waals surface area contributed by atoms with Gasteiger partial charge in [0.15, 0.2) is 0 Å². The van der Waals surface area contributed by atoms with Gasteiger partial charge in [-0.15, -0.1) is 0 Å². The van der Waals surface area contributed by atoms with E-state index in [-0.39, 0.29) is 11.9 Å². The van der Waals surface area contributed by atoms with Crippen molar-refractivity contribution in [3.05, 3.63) is 34.9 Å². The predicted molar refractivity (Wildman–Crippen MR) is 83.7 cm³/mol. The highest BCUT2D eigenvalue weighted by Crippen LogP contribution is 2.09. The van der Waals surface area contributed by atoms with Crippen molar-refractivity contribution in [3.63, 3.8) is 0 Å². The normalized spacial score (nSPS) is 12.4. The maximum absolute atomic E-state index is 11.8. The third-order valence-electron chi connectivity index (χ3n) is 3.02. The Balaban J connectivity index is 2.27. The molecule has 20 heavy (non-hydrogen) atoms. The van der Waals surface area contributed by atoms with Crippen LogP contribution in [0.2, 0.25) is 5.02 Å². The molecule has 1 amide bonds. The number of hydrogen-bond acceptors (Lipinski definition) is 3. The van der Waals surface area contributed by atoms with Crippen LogP contribution in [0.3, 0.4) is 0 Å². The minimum Gasteiger partial charge on any atom is -0.351 e. The monoisotopic (exact) mass is 297 g/mol. The van der Waals surface area contributed by atoms with Crippen molar-refractivity contribution in [2.45, 2.75) is 32.4 Å². The lowest BCUT2D eigenvalue weighted by atomic mass is 10.2. The molecule has 1 aromatic carbocycles. The zero-order chi connectivity index (χ0) is 15.0. The van der Waals surface area contributed by atoms with Crippen LogP contribution in [0.4, 0.5) is 0 Å². The van der Waals surface area contributed by atoms with Crippen molar-refractivity contribution < 1.29 is 4.79 Å². The van der Waals surface area contributed by atoms with Gasteiger partial charge in [-0.05, 0) is 31.2 Å². The van der Waals surface area contributed by atoms with Crippen LogP contribution in [0.1, 0.15) is 25.3 Å². The molecule has 0 radical (unpaired) electrons. The van der Waals surface area contributed by atoms with Crippen LogP contribution in [0, 0.1) is 0 Å². The lowest BCUT2D eigenvalue weighted by molar-refractivity contribution is -0.122. The van der Waals surface area contributed by atoms with Gasteiger partial charge in [-0.3, -0.25) is 9.69 Å². The molecule has 0 unspecified atom stereocenters. The van der Waals surface area contributed by atoms with E-state index in [0.29, 0.717) is 18.1 Å². The second-order valence-electron chi connectivity index (χ2n) is 5.15. The number of nitrogens with one attached hydrogen (secondary N) is 1. The standard InChI is InChI=1S/C15H24ClN3O/c1-3-4-14(17)10-19(2)11-15(20)18-9-12-5-7-13(16)8-6-12/h5-8,14H,3-4,9-11,17H2,1-2H3,(H,18,20)/t14-/m0/s1. The van der Waals surface area contributed by atoms with Crippen LogP contribution in [0.5, 0.6) is 0 Å². The summed E-state index contributed by atoms with van der Waals surface area (Å²) < 4.78 is 0. The van der Waals surface area contributed by atoms with E-state index >= 15 is 0 Å². The molecule has 3 N–H and O–H groups in total. The van der Waals surface area contributed by atoms with Crippen LogP contribution in [0.15, 0.2) is 24.3 Å². The zero-order valence-corrected chi connectivity index (χ0v) is 13.0. The fourth-order valence-corrected chi connectivity index (χ4v) is 2.16. The van der Waals surface area contributed by atoms with Crippen LogP contribution in [-0.2, 0) is 11.3 Å². The quantitative estimate of drug-likeness (QED) is 0.772. The maximum Gasteiger partial charge on any atom is 0.234 e. The van der Waals surface area contributed by atoms with E-state index in [1.807, 2.05) is 36.2 Å². The zero-order valence-electron chi connectivity index (χ0n) is 12.2. The predicted octanol–water partition coefficient (Wildman–Crippen LogP) is 2.02. The van der Waals surface area contributed by atoms with E-state index in [4.69, 9.17) is 17.3 Å². The highest BCUT2D eigenvalue weighted by Gasteiger charge is 2.09. The average Bonchev–Trinajstić information content (AvgIpc) is 2.38. The Kier molecular flexibility index (Phi) is 7.59. The van der Waals surface area contributed by atoms with Crippen molar-refractivity contribution >= 4 is 17.5 Å². The summed E-state index contributed by atoms with van der Waals surface area (Å²) in [6, 6.07) is 7.58. The molecular weight excluding hydrogens is 274 g/mol. The fourth-order valence-electron chi connectivity index (χ4n) is 2.03. The summed E-state index contributed by atoms with van der Waals surface area (Å²) >= 11 is 5.81. The minimum atomic E-state index is 0.00569. The number of nitrogens with two attached hydrogens (primary N) is 1. The molecule has 4 nitrogen and oxygen atoms in total. The number of hydrogen-bond donors (Lipinski definition) is 2. The van der Waals surface area contributed by atoms with Crippen LogP contribution in [0.25, 0.3) is 0 Å². The van der Waals surface area contributed by atoms with Gasteiger partial charge in [0, 0.05) is 24.2 Å². The topological polar surface area (TPSA) is 58.4 Å². The molecule has 0 spiro atoms. The van der Waals surface area contributed by atoms with E-state index in [9.17, 15) is 4.79 Å². The smallest absolute Gasteiger partial charge is 0.234 e. The Bertz CT molecular complexity index is 408. The van der Waals surface area contributed by atoms with Crippen molar-refractivity contribution in [1.29, 1.82) is 0 Å². The number of carbonyl (C=O) groups excluding carboxylic acids is 1. The molecule has 0 aliphatic rings. The van der Waals surface area contributed by atoms with Gasteiger partial charge in [-0.25, -0.2) is 0 Å². The number of likely N-dealkylation sites (N-methyl/N-ethyl adjacent to an activating group) is 1. The molecule has 0 saturated heterocycles. The molecule has 0 saturated carbocycles. The van der Waals surface area contributed by atoms with Crippen molar-refractivity contribution in [2.24, 2.45) is 5.73 Å². The summed E-state index contributed by atoms with van der Waals surface area (Å²) in [5.74, 6) is 0.00569. The summed E-state index contributed by atoms with van der Waals surface area (Å²) in [6.07, 6.45) is 2.05. The van der Waals surface area contributed by atoms with Gasteiger partial charge in [0.2, 0.25) is 5.91 Å². The van der Waals surface area contributed by atoms with E-state index < -0.39 is 0 Å². The summed E-state index contributed by atoms with van der Waals surface area (Å²) in [5, 5.41) is 3.59. The van der Waals surface area contributed by atoms with Crippen molar-refractivity contribution in [2.75, 3.05) is 20.1 Å². The Labute approximate surface area is 126 Å². The summed E-state index contributed by atoms with van der Waals surface area (Å²) in [4.78, 5) is 13.8. The number of halogens is 1. The van der Waals surface area contributed by atoms with E-state index in [0.717, 1.165) is 24.9 Å². The third-order valence-corrected chi connectivity index (χ3v) is 3.27. The first-order valence-electron chi connectivity index (χ1n) is 6.96. The van der Waals surface area contributed by atoms with E-state index in [1.165, 1.54) is 0 Å². The fraction of sp³-hybridized carbons (Fsp3) is 0.533. The summed E-state index contributed by atoms with van der Waals surface area (Å²) in [5.41, 5.74) is 6.99. The van der Waals surface area contributed by atoms with Crippen molar-refractivity contribution in [1.82, 2.24) is 10.2 Å². The Morgan fingerprint density at radius 2 is 2.05 bits per heavy atom. The Morgan fingerprint density at radius 1 is 1.40 bits per heavy atom. The van der Waals surface area contributed by atoms with Gasteiger partial charge >= 0.3 is 0 Å². The number of benzene rings is 1. The lowest BCUT2D eigenvalue weighted by Crippen LogP contribution is -2.41. The van der Waals surface area contributed by atoms with Gasteiger partial charge < -0.3 is 11.1 Å². The number of nitrogens with zero attached hydrogens (tertiary/aromatic N) is 1. The summed E-state index contributed by atoms with van der Waals surface area (Å²) in [7, 11) is 1.91. The SMILES string of the molecule is CCC[C@H](N)CN(C)CC(=O)NCc1ccc(Cl)cc1. The Hall–Kier alpha value is -1.10. The van der Waals surface area contributed by atoms with Crippen LogP contribution in [-0.4, -0.2) is 37.0 Å². The molecule has 0 aromatic heterocycles. The molecule has 1 atom stereocenters. The average molecular weight is 298 g/mol. The first-order chi connectivity index (χ1) is 9.51. The number of carbonyl (C=O) groups is 1. The molecule has 1 aromatic rings. The molecule has 0 aliphatic carbocycles. The van der Waals surface area contributed by atoms with Crippen molar-refractivity contribution in [3.8, 4) is 0 Å². The first kappa shape index (κ1) is 17.0. The van der Waals surface area contributed by atoms with Crippen LogP contribution < -0.4 is 11.1 Å².